The number of nitrogens with one attached hydrogen (secondary N) is 1. The second-order valence-corrected chi connectivity index (χ2v) is 9.34. The molecule has 0 spiro atoms. The van der Waals surface area contributed by atoms with Crippen LogP contribution in [0.4, 0.5) is 18.9 Å². The minimum Gasteiger partial charge on any atom is -0.357 e. The lowest BCUT2D eigenvalue weighted by Crippen LogP contribution is -2.51. The smallest absolute Gasteiger partial charge is 0.357 e. The molecule has 2 rings (SSSR count). The highest BCUT2D eigenvalue weighted by Gasteiger charge is 2.33. The van der Waals surface area contributed by atoms with Gasteiger partial charge in [0.25, 0.3) is 0 Å². The fourth-order valence-corrected chi connectivity index (χ4v) is 4.07. The number of alkyl halides is 3. The van der Waals surface area contributed by atoms with Gasteiger partial charge in [0.15, 0.2) is 0 Å². The highest BCUT2D eigenvalue weighted by atomic mass is 32.2. The summed E-state index contributed by atoms with van der Waals surface area (Å²) in [5.74, 6) is -1.17. The molecule has 180 valence electrons. The van der Waals surface area contributed by atoms with Gasteiger partial charge in [0.1, 0.15) is 12.6 Å². The Balaban J connectivity index is 2.35. The minimum atomic E-state index is -4.68. The molecule has 1 N–H and O–H groups in total. The first-order valence-electron chi connectivity index (χ1n) is 10.0. The van der Waals surface area contributed by atoms with Crippen molar-refractivity contribution in [3.63, 3.8) is 0 Å². The summed E-state index contributed by atoms with van der Waals surface area (Å²) in [6, 6.07) is 12.0. The number of likely N-dealkylation sites (N-methyl/N-ethyl adjacent to an activating group) is 1. The second-order valence-electron chi connectivity index (χ2n) is 7.43. The molecule has 0 radical (unpaired) electrons. The first-order valence-corrected chi connectivity index (χ1v) is 11.9. The molecule has 7 nitrogen and oxygen atoms in total. The van der Waals surface area contributed by atoms with Crippen molar-refractivity contribution < 1.29 is 31.2 Å². The van der Waals surface area contributed by atoms with E-state index in [1.54, 1.807) is 0 Å². The van der Waals surface area contributed by atoms with Gasteiger partial charge in [-0.2, -0.15) is 13.2 Å². The van der Waals surface area contributed by atoms with E-state index in [-0.39, 0.29) is 12.2 Å². The van der Waals surface area contributed by atoms with Gasteiger partial charge in [-0.25, -0.2) is 8.42 Å². The van der Waals surface area contributed by atoms with E-state index in [0.29, 0.717) is 16.8 Å². The molecule has 2 aromatic carbocycles. The molecule has 0 fully saturated rings. The van der Waals surface area contributed by atoms with Crippen LogP contribution in [0.25, 0.3) is 0 Å². The van der Waals surface area contributed by atoms with Gasteiger partial charge < -0.3 is 10.2 Å². The van der Waals surface area contributed by atoms with Gasteiger partial charge in [-0.1, -0.05) is 36.4 Å². The average Bonchev–Trinajstić information content (AvgIpc) is 2.76. The summed E-state index contributed by atoms with van der Waals surface area (Å²) >= 11 is 0. The Labute approximate surface area is 191 Å². The molecule has 0 saturated carbocycles. The standard InChI is InChI=1S/C22H26F3N3O4S/c1-16(21(30)26-2)27(13-12-17-8-5-4-6-9-17)20(29)15-28(33(3,31)32)19-11-7-10-18(14-19)22(23,24)25/h4-11,14,16H,12-13,15H2,1-3H3,(H,26,30)/t16-/m1/s1. The molecule has 0 aliphatic heterocycles. The number of nitrogens with zero attached hydrogens (tertiary/aromatic N) is 2. The summed E-state index contributed by atoms with van der Waals surface area (Å²) in [6.45, 7) is 0.852. The molecule has 0 aromatic heterocycles. The van der Waals surface area contributed by atoms with Crippen LogP contribution in [0, 0.1) is 0 Å². The van der Waals surface area contributed by atoms with E-state index in [1.807, 2.05) is 30.3 Å². The third-order valence-corrected chi connectivity index (χ3v) is 6.18. The molecule has 11 heteroatoms. The van der Waals surface area contributed by atoms with Crippen molar-refractivity contribution in [2.75, 3.05) is 30.7 Å². The molecule has 0 unspecified atom stereocenters. The van der Waals surface area contributed by atoms with Crippen LogP contribution in [0.15, 0.2) is 54.6 Å². The number of amides is 2. The molecule has 33 heavy (non-hydrogen) atoms. The largest absolute Gasteiger partial charge is 0.416 e. The summed E-state index contributed by atoms with van der Waals surface area (Å²) < 4.78 is 64.8. The van der Waals surface area contributed by atoms with Gasteiger partial charge in [0, 0.05) is 13.6 Å². The van der Waals surface area contributed by atoms with Crippen molar-refractivity contribution in [2.45, 2.75) is 25.6 Å². The molecule has 1 atom stereocenters. The zero-order valence-electron chi connectivity index (χ0n) is 18.5. The number of sulfonamides is 1. The summed E-state index contributed by atoms with van der Waals surface area (Å²) in [6.07, 6.45) is -3.48. The molecular weight excluding hydrogens is 459 g/mol. The molecule has 0 bridgehead atoms. The molecule has 2 amide bonds. The van der Waals surface area contributed by atoms with Crippen LogP contribution in [0.5, 0.6) is 0 Å². The topological polar surface area (TPSA) is 86.8 Å². The Bertz CT molecular complexity index is 1080. The van der Waals surface area contributed by atoms with E-state index >= 15 is 0 Å². The number of carbonyl (C=O) groups is 2. The Morgan fingerprint density at radius 3 is 2.24 bits per heavy atom. The van der Waals surface area contributed by atoms with Crippen LogP contribution >= 0.6 is 0 Å². The molecule has 0 heterocycles. The van der Waals surface area contributed by atoms with Gasteiger partial charge in [-0.3, -0.25) is 13.9 Å². The van der Waals surface area contributed by atoms with Crippen molar-refractivity contribution in [1.29, 1.82) is 0 Å². The zero-order valence-corrected chi connectivity index (χ0v) is 19.3. The molecule has 0 aliphatic rings. The quantitative estimate of drug-likeness (QED) is 0.592. The van der Waals surface area contributed by atoms with Gasteiger partial charge in [-0.15, -0.1) is 0 Å². The molecule has 2 aromatic rings. The predicted molar refractivity (Wildman–Crippen MR) is 119 cm³/mol. The average molecular weight is 486 g/mol. The lowest BCUT2D eigenvalue weighted by atomic mass is 10.1. The summed E-state index contributed by atoms with van der Waals surface area (Å²) in [5.41, 5.74) is -0.436. The first-order chi connectivity index (χ1) is 15.3. The lowest BCUT2D eigenvalue weighted by Gasteiger charge is -2.31. The number of halogens is 3. The second kappa shape index (κ2) is 10.7. The molecule has 0 aliphatic carbocycles. The Morgan fingerprint density at radius 1 is 1.06 bits per heavy atom. The van der Waals surface area contributed by atoms with E-state index in [4.69, 9.17) is 0 Å². The van der Waals surface area contributed by atoms with Gasteiger partial charge in [0.2, 0.25) is 21.8 Å². The van der Waals surface area contributed by atoms with Crippen LogP contribution in [0.3, 0.4) is 0 Å². The first kappa shape index (κ1) is 26.2. The van der Waals surface area contributed by atoms with E-state index in [9.17, 15) is 31.2 Å². The van der Waals surface area contributed by atoms with Gasteiger partial charge >= 0.3 is 6.18 Å². The maximum absolute atomic E-state index is 13.2. The predicted octanol–water partition coefficient (Wildman–Crippen LogP) is 2.68. The van der Waals surface area contributed by atoms with Crippen LogP contribution in [-0.4, -0.2) is 57.6 Å². The number of benzene rings is 2. The Hall–Kier alpha value is -3.08. The Kier molecular flexibility index (Phi) is 8.48. The van der Waals surface area contributed by atoms with Gasteiger partial charge in [-0.05, 0) is 37.1 Å². The zero-order chi connectivity index (χ0) is 24.8. The van der Waals surface area contributed by atoms with Crippen molar-refractivity contribution in [2.24, 2.45) is 0 Å². The number of carbonyl (C=O) groups excluding carboxylic acids is 2. The molecular formula is C22H26F3N3O4S. The van der Waals surface area contributed by atoms with E-state index in [0.717, 1.165) is 24.0 Å². The van der Waals surface area contributed by atoms with Gasteiger partial charge in [0.05, 0.1) is 17.5 Å². The van der Waals surface area contributed by atoms with Crippen LogP contribution < -0.4 is 9.62 Å². The number of hydrogen-bond acceptors (Lipinski definition) is 4. The fourth-order valence-electron chi connectivity index (χ4n) is 3.23. The number of hydrogen-bond donors (Lipinski definition) is 1. The van der Waals surface area contributed by atoms with Crippen molar-refractivity contribution in [3.05, 3.63) is 65.7 Å². The lowest BCUT2D eigenvalue weighted by molar-refractivity contribution is -0.138. The van der Waals surface area contributed by atoms with E-state index in [2.05, 4.69) is 5.32 Å². The third-order valence-electron chi connectivity index (χ3n) is 5.04. The van der Waals surface area contributed by atoms with Crippen LogP contribution in [-0.2, 0) is 32.2 Å². The minimum absolute atomic E-state index is 0.109. The highest BCUT2D eigenvalue weighted by molar-refractivity contribution is 7.92. The SMILES string of the molecule is CNC(=O)[C@@H](C)N(CCc1ccccc1)C(=O)CN(c1cccc(C(F)(F)F)c1)S(C)(=O)=O. The number of anilines is 1. The summed E-state index contributed by atoms with van der Waals surface area (Å²) in [4.78, 5) is 26.6. The van der Waals surface area contributed by atoms with Crippen molar-refractivity contribution in [1.82, 2.24) is 10.2 Å². The normalized spacial score (nSPS) is 12.7. The monoisotopic (exact) mass is 485 g/mol. The van der Waals surface area contributed by atoms with Crippen molar-refractivity contribution >= 4 is 27.5 Å². The summed E-state index contributed by atoms with van der Waals surface area (Å²) in [5, 5.41) is 2.45. The van der Waals surface area contributed by atoms with E-state index < -0.39 is 46.2 Å². The Morgan fingerprint density at radius 2 is 1.70 bits per heavy atom. The van der Waals surface area contributed by atoms with E-state index in [1.165, 1.54) is 24.9 Å². The van der Waals surface area contributed by atoms with Crippen molar-refractivity contribution in [3.8, 4) is 0 Å². The summed E-state index contributed by atoms with van der Waals surface area (Å²) in [7, 11) is -2.70. The number of rotatable bonds is 9. The maximum Gasteiger partial charge on any atom is 0.416 e. The highest BCUT2D eigenvalue weighted by Crippen LogP contribution is 2.32. The van der Waals surface area contributed by atoms with Crippen LogP contribution in [0.1, 0.15) is 18.1 Å². The van der Waals surface area contributed by atoms with Crippen LogP contribution in [0.2, 0.25) is 0 Å². The molecule has 0 saturated heterocycles. The maximum atomic E-state index is 13.2. The third kappa shape index (κ3) is 7.21. The fraction of sp³-hybridized carbons (Fsp3) is 0.364.